The number of nitrogens with two attached hydrogens (primary N) is 2. The molecule has 0 unspecified atom stereocenters. The number of hydrogen-bond acceptors (Lipinski definition) is 5. The Labute approximate surface area is 135 Å². The van der Waals surface area contributed by atoms with Crippen molar-refractivity contribution in [3.8, 4) is 0 Å². The molecule has 1 heterocycles. The van der Waals surface area contributed by atoms with Crippen LogP contribution in [0.25, 0.3) is 5.70 Å². The summed E-state index contributed by atoms with van der Waals surface area (Å²) in [6.07, 6.45) is 7.50. The first-order valence-corrected chi connectivity index (χ1v) is 8.65. The van der Waals surface area contributed by atoms with Crippen LogP contribution < -0.4 is 11.6 Å². The number of aryl methyl sites for hydroxylation is 2. The number of nitrogens with zero attached hydrogens (tertiary/aromatic N) is 1. The van der Waals surface area contributed by atoms with Gasteiger partial charge in [-0.15, -0.1) is 11.8 Å². The molecule has 2 rings (SSSR count). The Balaban J connectivity index is 2.15. The van der Waals surface area contributed by atoms with Gasteiger partial charge in [0.15, 0.2) is 0 Å². The molecule has 6 heteroatoms. The third kappa shape index (κ3) is 4.11. The summed E-state index contributed by atoms with van der Waals surface area (Å²) >= 11 is 7.04. The fraction of sp³-hybridized carbons (Fsp3) is 0.467. The van der Waals surface area contributed by atoms with Crippen molar-refractivity contribution in [3.05, 3.63) is 33.6 Å². The van der Waals surface area contributed by atoms with Gasteiger partial charge in [0.2, 0.25) is 0 Å². The van der Waals surface area contributed by atoms with Crippen LogP contribution in [0, 0.1) is 4.64 Å². The van der Waals surface area contributed by atoms with E-state index in [1.165, 1.54) is 24.1 Å². The monoisotopic (exact) mass is 322 g/mol. The zero-order chi connectivity index (χ0) is 15.2. The van der Waals surface area contributed by atoms with Gasteiger partial charge >= 0.3 is 0 Å². The van der Waals surface area contributed by atoms with Gasteiger partial charge in [0.05, 0.1) is 5.04 Å². The first kappa shape index (κ1) is 16.1. The minimum Gasteiger partial charge on any atom is -0.398 e. The van der Waals surface area contributed by atoms with Crippen molar-refractivity contribution in [1.82, 2.24) is 4.98 Å². The summed E-state index contributed by atoms with van der Waals surface area (Å²) in [7, 11) is 0. The van der Waals surface area contributed by atoms with Crippen molar-refractivity contribution in [1.29, 1.82) is 0 Å². The normalized spacial score (nSPS) is 15.9. The number of hydrogen-bond donors (Lipinski definition) is 3. The highest BCUT2D eigenvalue weighted by atomic mass is 32.2. The lowest BCUT2D eigenvalue weighted by Gasteiger charge is -2.17. The molecule has 1 aliphatic rings. The molecule has 0 radical (unpaired) electrons. The first-order chi connectivity index (χ1) is 10.2. The van der Waals surface area contributed by atoms with Crippen molar-refractivity contribution in [3.63, 3.8) is 0 Å². The summed E-state index contributed by atoms with van der Waals surface area (Å²) in [5, 5.41) is 4.66. The Morgan fingerprint density at radius 2 is 2.24 bits per heavy atom. The molecule has 0 spiro atoms. The SMILES string of the molecule is CC/C(=N/N)SC/C=C(\N)c1cc2c([nH]c1=S)CCCC2. The Kier molecular flexibility index (Phi) is 5.87. The molecule has 0 bridgehead atoms. The van der Waals surface area contributed by atoms with Gasteiger partial charge in [0, 0.05) is 22.7 Å². The van der Waals surface area contributed by atoms with Crippen LogP contribution in [-0.4, -0.2) is 15.8 Å². The van der Waals surface area contributed by atoms with Crippen molar-refractivity contribution < 1.29 is 0 Å². The molecule has 0 aliphatic heterocycles. The Bertz CT molecular complexity index is 617. The van der Waals surface area contributed by atoms with E-state index in [4.69, 9.17) is 23.8 Å². The third-order valence-electron chi connectivity index (χ3n) is 3.65. The van der Waals surface area contributed by atoms with Gasteiger partial charge < -0.3 is 16.6 Å². The number of aromatic nitrogens is 1. The van der Waals surface area contributed by atoms with Gasteiger partial charge in [0.25, 0.3) is 0 Å². The van der Waals surface area contributed by atoms with Gasteiger partial charge in [-0.2, -0.15) is 5.10 Å². The lowest BCUT2D eigenvalue weighted by Crippen LogP contribution is -2.09. The molecule has 0 amide bonds. The van der Waals surface area contributed by atoms with Gasteiger partial charge in [-0.3, -0.25) is 0 Å². The molecule has 0 atom stereocenters. The second-order valence-electron chi connectivity index (χ2n) is 5.07. The third-order valence-corrected chi connectivity index (χ3v) is 5.03. The number of thioether (sulfide) groups is 1. The molecule has 0 aromatic carbocycles. The van der Waals surface area contributed by atoms with Crippen LogP contribution in [0.5, 0.6) is 0 Å². The van der Waals surface area contributed by atoms with Crippen molar-refractivity contribution in [2.75, 3.05) is 5.75 Å². The summed E-state index contributed by atoms with van der Waals surface area (Å²) < 4.78 is 0.734. The van der Waals surface area contributed by atoms with E-state index in [2.05, 4.69) is 16.2 Å². The van der Waals surface area contributed by atoms with Crippen LogP contribution in [0.15, 0.2) is 17.2 Å². The fourth-order valence-corrected chi connectivity index (χ4v) is 3.49. The van der Waals surface area contributed by atoms with Crippen LogP contribution in [0.3, 0.4) is 0 Å². The molecule has 1 aromatic rings. The number of H-pyrrole nitrogens is 1. The van der Waals surface area contributed by atoms with E-state index in [1.807, 2.05) is 13.0 Å². The van der Waals surface area contributed by atoms with E-state index in [9.17, 15) is 0 Å². The summed E-state index contributed by atoms with van der Waals surface area (Å²) in [5.41, 5.74) is 10.5. The van der Waals surface area contributed by atoms with Gasteiger partial charge in [-0.25, -0.2) is 0 Å². The maximum atomic E-state index is 6.19. The average molecular weight is 323 g/mol. The lowest BCUT2D eigenvalue weighted by molar-refractivity contribution is 0.666. The molecule has 21 heavy (non-hydrogen) atoms. The van der Waals surface area contributed by atoms with E-state index in [0.717, 1.165) is 46.0 Å². The predicted molar refractivity (Wildman–Crippen MR) is 94.8 cm³/mol. The number of pyridine rings is 1. The number of fused-ring (bicyclic) bond motifs is 1. The Morgan fingerprint density at radius 1 is 1.48 bits per heavy atom. The quantitative estimate of drug-likeness (QED) is 0.261. The minimum absolute atomic E-state index is 0.726. The second-order valence-corrected chi connectivity index (χ2v) is 6.57. The van der Waals surface area contributed by atoms with Gasteiger partial charge in [-0.05, 0) is 43.7 Å². The molecule has 0 saturated heterocycles. The topological polar surface area (TPSA) is 80.2 Å². The highest BCUT2D eigenvalue weighted by Gasteiger charge is 2.12. The standard InChI is InChI=1S/C15H22N4S2/c1-2-14(19-17)21-8-7-12(16)11-9-10-5-3-4-6-13(10)18-15(11)20/h7,9H,2-6,8,16-17H2,1H3,(H,18,20)/b12-7-,19-14-. The number of aromatic amines is 1. The van der Waals surface area contributed by atoms with E-state index in [1.54, 1.807) is 11.8 Å². The summed E-state index contributed by atoms with van der Waals surface area (Å²) in [6, 6.07) is 2.15. The summed E-state index contributed by atoms with van der Waals surface area (Å²) in [6.45, 7) is 2.03. The predicted octanol–water partition coefficient (Wildman–Crippen LogP) is 3.34. The van der Waals surface area contributed by atoms with E-state index in [-0.39, 0.29) is 0 Å². The van der Waals surface area contributed by atoms with Crippen LogP contribution in [0.4, 0.5) is 0 Å². The van der Waals surface area contributed by atoms with Crippen molar-refractivity contribution >= 4 is 34.7 Å². The Morgan fingerprint density at radius 3 is 2.95 bits per heavy atom. The number of nitrogens with one attached hydrogen (secondary N) is 1. The lowest BCUT2D eigenvalue weighted by atomic mass is 9.94. The molecule has 4 nitrogen and oxygen atoms in total. The highest BCUT2D eigenvalue weighted by Crippen LogP contribution is 2.23. The smallest absolute Gasteiger partial charge is 0.112 e. The summed E-state index contributed by atoms with van der Waals surface area (Å²) in [4.78, 5) is 3.34. The fourth-order valence-electron chi connectivity index (χ4n) is 2.46. The number of hydrazone groups is 1. The number of rotatable bonds is 4. The molecule has 1 aliphatic carbocycles. The van der Waals surface area contributed by atoms with Crippen LogP contribution in [-0.2, 0) is 12.8 Å². The van der Waals surface area contributed by atoms with Crippen LogP contribution >= 0.6 is 24.0 Å². The van der Waals surface area contributed by atoms with Gasteiger partial charge in [-0.1, -0.05) is 25.2 Å². The highest BCUT2D eigenvalue weighted by molar-refractivity contribution is 8.14. The summed E-state index contributed by atoms with van der Waals surface area (Å²) in [5.74, 6) is 6.06. The second kappa shape index (κ2) is 7.66. The first-order valence-electron chi connectivity index (χ1n) is 7.26. The van der Waals surface area contributed by atoms with Crippen LogP contribution in [0.2, 0.25) is 0 Å². The maximum Gasteiger partial charge on any atom is 0.112 e. The maximum absolute atomic E-state index is 6.19. The molecule has 1 aromatic heterocycles. The van der Waals surface area contributed by atoms with Crippen molar-refractivity contribution in [2.24, 2.45) is 16.7 Å². The molecular weight excluding hydrogens is 300 g/mol. The zero-order valence-corrected chi connectivity index (χ0v) is 13.9. The molecule has 0 saturated carbocycles. The molecule has 5 N–H and O–H groups in total. The minimum atomic E-state index is 0.726. The molecule has 114 valence electrons. The van der Waals surface area contributed by atoms with E-state index < -0.39 is 0 Å². The van der Waals surface area contributed by atoms with E-state index in [0.29, 0.717) is 0 Å². The van der Waals surface area contributed by atoms with Crippen LogP contribution in [0.1, 0.15) is 43.0 Å². The van der Waals surface area contributed by atoms with E-state index >= 15 is 0 Å². The Hall–Kier alpha value is -1.27. The zero-order valence-electron chi connectivity index (χ0n) is 12.3. The average Bonchev–Trinajstić information content (AvgIpc) is 2.50. The van der Waals surface area contributed by atoms with Crippen molar-refractivity contribution in [2.45, 2.75) is 39.0 Å². The largest absolute Gasteiger partial charge is 0.398 e. The molecule has 0 fully saturated rings. The molecular formula is C15H22N4S2. The van der Waals surface area contributed by atoms with Gasteiger partial charge in [0.1, 0.15) is 4.64 Å².